The van der Waals surface area contributed by atoms with E-state index in [9.17, 15) is 17.6 Å². The number of anilines is 1. The molecule has 0 aliphatic rings. The molecule has 29 heavy (non-hydrogen) atoms. The lowest BCUT2D eigenvalue weighted by Gasteiger charge is -2.11. The van der Waals surface area contributed by atoms with Crippen molar-refractivity contribution < 1.29 is 22.3 Å². The van der Waals surface area contributed by atoms with Gasteiger partial charge in [0.25, 0.3) is 5.91 Å². The largest absolute Gasteiger partial charge is 0.490 e. The number of hydrogen-bond acceptors (Lipinski definition) is 5. The Kier molecular flexibility index (Phi) is 7.14. The smallest absolute Gasteiger partial charge is 0.276 e. The van der Waals surface area contributed by atoms with Gasteiger partial charge in [0.2, 0.25) is 10.0 Å². The Bertz CT molecular complexity index is 1070. The van der Waals surface area contributed by atoms with Crippen LogP contribution in [0.15, 0.2) is 41.9 Å². The number of unbranched alkanes of at least 4 members (excludes halogenated alkanes) is 2. The van der Waals surface area contributed by atoms with Crippen molar-refractivity contribution in [2.75, 3.05) is 11.9 Å². The van der Waals surface area contributed by atoms with E-state index in [1.807, 2.05) is 0 Å². The molecule has 10 heteroatoms. The van der Waals surface area contributed by atoms with Gasteiger partial charge in [0, 0.05) is 18.9 Å². The monoisotopic (exact) mass is 420 g/mol. The first kappa shape index (κ1) is 22.1. The molecule has 0 fully saturated rings. The number of nitriles is 1. The summed E-state index contributed by atoms with van der Waals surface area (Å²) in [5, 5.41) is 16.7. The zero-order chi connectivity index (χ0) is 21.6. The van der Waals surface area contributed by atoms with Crippen LogP contribution in [-0.2, 0) is 17.1 Å². The van der Waals surface area contributed by atoms with Gasteiger partial charge in [-0.1, -0.05) is 6.08 Å². The van der Waals surface area contributed by atoms with E-state index in [1.54, 1.807) is 12.1 Å². The number of allylic oxidation sites excluding steroid dienone is 1. The lowest BCUT2D eigenvalue weighted by atomic mass is 10.2. The van der Waals surface area contributed by atoms with Crippen LogP contribution in [0, 0.1) is 17.1 Å². The number of benzene rings is 1. The fraction of sp³-hybridized carbons (Fsp3) is 0.263. The number of ether oxygens (including phenoxy) is 1. The first-order chi connectivity index (χ1) is 13.7. The molecule has 0 bridgehead atoms. The quantitative estimate of drug-likeness (QED) is 0.476. The number of nitrogens with zero attached hydrogens (tertiary/aromatic N) is 2. The molecule has 0 aliphatic carbocycles. The summed E-state index contributed by atoms with van der Waals surface area (Å²) in [5.74, 6) is -1.57. The number of nitrogens with two attached hydrogens (primary N) is 1. The van der Waals surface area contributed by atoms with Crippen molar-refractivity contribution >= 4 is 21.6 Å². The van der Waals surface area contributed by atoms with Gasteiger partial charge in [-0.25, -0.2) is 17.9 Å². The molecular formula is C19H21FN4O4S. The van der Waals surface area contributed by atoms with E-state index in [0.717, 1.165) is 18.9 Å². The van der Waals surface area contributed by atoms with Crippen LogP contribution in [0.1, 0.15) is 35.3 Å². The van der Waals surface area contributed by atoms with E-state index in [1.165, 1.54) is 29.9 Å². The molecule has 1 aromatic carbocycles. The Balaban J connectivity index is 2.35. The fourth-order valence-corrected chi connectivity index (χ4v) is 3.34. The summed E-state index contributed by atoms with van der Waals surface area (Å²) in [5.41, 5.74) is -0.137. The molecule has 1 amide bonds. The third-order valence-corrected chi connectivity index (χ3v) is 4.92. The third kappa shape index (κ3) is 5.43. The number of sulfonamides is 1. The lowest BCUT2D eigenvalue weighted by molar-refractivity contribution is 0.101. The van der Waals surface area contributed by atoms with E-state index in [0.29, 0.717) is 6.42 Å². The van der Waals surface area contributed by atoms with E-state index < -0.39 is 21.7 Å². The minimum atomic E-state index is -4.14. The number of aromatic nitrogens is 1. The van der Waals surface area contributed by atoms with Crippen molar-refractivity contribution in [3.05, 3.63) is 54.1 Å². The van der Waals surface area contributed by atoms with Crippen LogP contribution in [0.25, 0.3) is 0 Å². The Morgan fingerprint density at radius 1 is 1.45 bits per heavy atom. The van der Waals surface area contributed by atoms with E-state index in [4.69, 9.17) is 15.1 Å². The minimum absolute atomic E-state index is 0.0689. The van der Waals surface area contributed by atoms with E-state index in [2.05, 4.69) is 11.9 Å². The van der Waals surface area contributed by atoms with E-state index in [-0.39, 0.29) is 34.2 Å². The predicted molar refractivity (Wildman–Crippen MR) is 105 cm³/mol. The average Bonchev–Trinajstić information content (AvgIpc) is 2.99. The molecule has 0 unspecified atom stereocenters. The molecule has 3 N–H and O–H groups in total. The molecule has 0 aliphatic heterocycles. The number of hydrogen-bond donors (Lipinski definition) is 2. The van der Waals surface area contributed by atoms with Crippen molar-refractivity contribution in [2.24, 2.45) is 12.2 Å². The summed E-state index contributed by atoms with van der Waals surface area (Å²) < 4.78 is 44.2. The zero-order valence-corrected chi connectivity index (χ0v) is 16.6. The number of carbonyl (C=O) groups excluding carboxylic acids is 1. The number of aryl methyl sites for hydroxylation is 1. The van der Waals surface area contributed by atoms with Gasteiger partial charge in [-0.2, -0.15) is 5.26 Å². The summed E-state index contributed by atoms with van der Waals surface area (Å²) in [6.07, 6.45) is 5.13. The predicted octanol–water partition coefficient (Wildman–Crippen LogP) is 2.67. The summed E-state index contributed by atoms with van der Waals surface area (Å²) in [6, 6.07) is 5.19. The number of halogens is 1. The van der Waals surface area contributed by atoms with Gasteiger partial charge in [-0.3, -0.25) is 4.79 Å². The van der Waals surface area contributed by atoms with Crippen molar-refractivity contribution in [3.63, 3.8) is 0 Å². The number of nitrogens with one attached hydrogen (secondary N) is 1. The third-order valence-electron chi connectivity index (χ3n) is 4.02. The maximum absolute atomic E-state index is 13.5. The van der Waals surface area contributed by atoms with Crippen LogP contribution in [0.2, 0.25) is 0 Å². The lowest BCUT2D eigenvalue weighted by Crippen LogP contribution is -2.18. The highest BCUT2D eigenvalue weighted by atomic mass is 32.2. The van der Waals surface area contributed by atoms with Gasteiger partial charge in [0.05, 0.1) is 12.2 Å². The normalized spacial score (nSPS) is 11.0. The summed E-state index contributed by atoms with van der Waals surface area (Å²) >= 11 is 0. The van der Waals surface area contributed by atoms with Gasteiger partial charge < -0.3 is 14.6 Å². The van der Waals surface area contributed by atoms with Crippen molar-refractivity contribution in [1.29, 1.82) is 5.26 Å². The van der Waals surface area contributed by atoms with Crippen LogP contribution in [0.3, 0.4) is 0 Å². The molecule has 2 rings (SSSR count). The molecule has 154 valence electrons. The molecule has 0 saturated heterocycles. The number of amides is 1. The second-order valence-corrected chi connectivity index (χ2v) is 7.75. The van der Waals surface area contributed by atoms with Gasteiger partial charge in [-0.05, 0) is 37.5 Å². The highest BCUT2D eigenvalue weighted by Gasteiger charge is 2.27. The Labute approximate surface area is 168 Å². The maximum Gasteiger partial charge on any atom is 0.276 e. The van der Waals surface area contributed by atoms with Gasteiger partial charge in [0.15, 0.2) is 11.4 Å². The Morgan fingerprint density at radius 2 is 2.17 bits per heavy atom. The maximum atomic E-state index is 13.5. The van der Waals surface area contributed by atoms with Gasteiger partial charge in [-0.15, -0.1) is 6.58 Å². The zero-order valence-electron chi connectivity index (χ0n) is 15.8. The molecule has 0 saturated carbocycles. The fourth-order valence-electron chi connectivity index (χ4n) is 2.63. The van der Waals surface area contributed by atoms with Crippen LogP contribution in [-0.4, -0.2) is 25.5 Å². The van der Waals surface area contributed by atoms with Crippen LogP contribution < -0.4 is 15.2 Å². The van der Waals surface area contributed by atoms with Crippen LogP contribution in [0.4, 0.5) is 10.1 Å². The second-order valence-electron chi connectivity index (χ2n) is 6.22. The molecule has 0 spiro atoms. The van der Waals surface area contributed by atoms with Crippen molar-refractivity contribution in [3.8, 4) is 11.8 Å². The second kappa shape index (κ2) is 9.36. The Hall–Kier alpha value is -3.16. The highest BCUT2D eigenvalue weighted by molar-refractivity contribution is 7.89. The van der Waals surface area contributed by atoms with Crippen molar-refractivity contribution in [2.45, 2.75) is 24.2 Å². The van der Waals surface area contributed by atoms with Crippen LogP contribution in [0.5, 0.6) is 5.75 Å². The first-order valence-electron chi connectivity index (χ1n) is 8.65. The number of carbonyl (C=O) groups is 1. The molecule has 0 radical (unpaired) electrons. The molecule has 1 aromatic heterocycles. The van der Waals surface area contributed by atoms with Crippen molar-refractivity contribution in [1.82, 2.24) is 4.57 Å². The number of rotatable bonds is 9. The van der Waals surface area contributed by atoms with E-state index >= 15 is 0 Å². The first-order valence-corrected chi connectivity index (χ1v) is 10.2. The SMILES string of the molecule is C=CCCCCOc1c(S(N)(=O)=O)cn(C)c1C(=O)Nc1ccc(F)c(C#N)c1. The average molecular weight is 420 g/mol. The molecule has 0 atom stereocenters. The summed E-state index contributed by atoms with van der Waals surface area (Å²) in [4.78, 5) is 12.5. The molecule has 8 nitrogen and oxygen atoms in total. The van der Waals surface area contributed by atoms with Gasteiger partial charge >= 0.3 is 0 Å². The summed E-state index contributed by atoms with van der Waals surface area (Å²) in [7, 11) is -2.67. The topological polar surface area (TPSA) is 127 Å². The molecule has 1 heterocycles. The Morgan fingerprint density at radius 3 is 2.79 bits per heavy atom. The minimum Gasteiger partial charge on any atom is -0.490 e. The van der Waals surface area contributed by atoms with Gasteiger partial charge in [0.1, 0.15) is 16.8 Å². The summed E-state index contributed by atoms with van der Waals surface area (Å²) in [6.45, 7) is 3.80. The molecular weight excluding hydrogens is 399 g/mol. The molecule has 2 aromatic rings. The van der Waals surface area contributed by atoms with Crippen LogP contribution >= 0.6 is 0 Å². The standard InChI is InChI=1S/C19H21FN4O4S/c1-3-4-5-6-9-28-18-16(29(22,26)27)12-24(2)17(18)19(25)23-14-7-8-15(20)13(10-14)11-21/h3,7-8,10,12H,1,4-6,9H2,2H3,(H,23,25)(H2,22,26,27). The highest BCUT2D eigenvalue weighted by Crippen LogP contribution is 2.30. The number of primary sulfonamides is 1.